The average Bonchev–Trinajstić information content (AvgIpc) is 3.10. The molecule has 1 aromatic carbocycles. The Morgan fingerprint density at radius 2 is 1.90 bits per heavy atom. The number of hydrogen-bond donors (Lipinski definition) is 1. The summed E-state index contributed by atoms with van der Waals surface area (Å²) in [5, 5.41) is 3.88. The highest BCUT2D eigenvalue weighted by Crippen LogP contribution is 2.59. The van der Waals surface area contributed by atoms with E-state index in [-0.39, 0.29) is 0 Å². The largest absolute Gasteiger partial charge is 0.382 e. The molecule has 1 N–H and O–H groups in total. The van der Waals surface area contributed by atoms with E-state index in [9.17, 15) is 0 Å². The molecule has 0 spiro atoms. The van der Waals surface area contributed by atoms with Gasteiger partial charge in [-0.05, 0) is 73.0 Å². The van der Waals surface area contributed by atoms with Crippen molar-refractivity contribution in [2.75, 3.05) is 5.32 Å². The summed E-state index contributed by atoms with van der Waals surface area (Å²) in [4.78, 5) is 0. The lowest BCUT2D eigenvalue weighted by Crippen LogP contribution is -2.33. The Labute approximate surface area is 123 Å². The summed E-state index contributed by atoms with van der Waals surface area (Å²) in [6, 6.07) is 9.83. The molecule has 3 fully saturated rings. The molecule has 0 aliphatic heterocycles. The second kappa shape index (κ2) is 4.79. The van der Waals surface area contributed by atoms with Gasteiger partial charge >= 0.3 is 0 Å². The molecule has 3 aliphatic carbocycles. The summed E-state index contributed by atoms with van der Waals surface area (Å²) in [5.74, 6) is 4.78. The van der Waals surface area contributed by atoms with Gasteiger partial charge in [0.05, 0.1) is 0 Å². The van der Waals surface area contributed by atoms with E-state index < -0.39 is 0 Å². The third kappa shape index (κ3) is 1.98. The Balaban J connectivity index is 1.49. The summed E-state index contributed by atoms with van der Waals surface area (Å²) in [5.41, 5.74) is 2.81. The molecule has 0 heterocycles. The Morgan fingerprint density at radius 3 is 2.75 bits per heavy atom. The van der Waals surface area contributed by atoms with Crippen LogP contribution in [0.4, 0.5) is 5.69 Å². The van der Waals surface area contributed by atoms with Gasteiger partial charge in [-0.25, -0.2) is 0 Å². The highest BCUT2D eigenvalue weighted by atomic mass is 14.9. The maximum atomic E-state index is 3.88. The van der Waals surface area contributed by atoms with Crippen LogP contribution in [0.2, 0.25) is 0 Å². The van der Waals surface area contributed by atoms with E-state index in [4.69, 9.17) is 0 Å². The van der Waals surface area contributed by atoms with Crippen molar-refractivity contribution in [3.05, 3.63) is 29.8 Å². The first-order chi connectivity index (χ1) is 9.72. The van der Waals surface area contributed by atoms with Crippen molar-refractivity contribution in [1.29, 1.82) is 0 Å². The second-order valence-corrected chi connectivity index (χ2v) is 7.68. The van der Waals surface area contributed by atoms with Crippen molar-refractivity contribution in [2.24, 2.45) is 23.7 Å². The van der Waals surface area contributed by atoms with Gasteiger partial charge in [-0.3, -0.25) is 0 Å². The molecule has 5 atom stereocenters. The maximum Gasteiger partial charge on any atom is 0.0345 e. The van der Waals surface area contributed by atoms with Crippen LogP contribution in [-0.2, 0) is 0 Å². The zero-order valence-corrected chi connectivity index (χ0v) is 12.8. The average molecular weight is 269 g/mol. The van der Waals surface area contributed by atoms with Crippen LogP contribution in [0.25, 0.3) is 0 Å². The first-order valence-electron chi connectivity index (χ1n) is 8.59. The molecular weight excluding hydrogens is 242 g/mol. The van der Waals surface area contributed by atoms with Crippen molar-refractivity contribution in [1.82, 2.24) is 0 Å². The fourth-order valence-electron chi connectivity index (χ4n) is 5.44. The van der Waals surface area contributed by atoms with Crippen LogP contribution in [0.1, 0.15) is 57.4 Å². The highest BCUT2D eigenvalue weighted by Gasteiger charge is 2.53. The molecular formula is C19H27N. The zero-order valence-electron chi connectivity index (χ0n) is 12.8. The second-order valence-electron chi connectivity index (χ2n) is 7.68. The van der Waals surface area contributed by atoms with Gasteiger partial charge in [0, 0.05) is 11.7 Å². The summed E-state index contributed by atoms with van der Waals surface area (Å²) in [6.45, 7) is 4.56. The molecule has 1 heteroatoms. The van der Waals surface area contributed by atoms with Crippen LogP contribution in [0, 0.1) is 23.7 Å². The van der Waals surface area contributed by atoms with E-state index in [1.165, 1.54) is 43.4 Å². The van der Waals surface area contributed by atoms with E-state index in [1.807, 2.05) is 0 Å². The fourth-order valence-corrected chi connectivity index (χ4v) is 5.44. The predicted octanol–water partition coefficient (Wildman–Crippen LogP) is 5.05. The van der Waals surface area contributed by atoms with Gasteiger partial charge in [-0.2, -0.15) is 0 Å². The summed E-state index contributed by atoms with van der Waals surface area (Å²) in [6.07, 6.45) is 7.48. The van der Waals surface area contributed by atoms with Gasteiger partial charge in [-0.1, -0.05) is 32.4 Å². The molecule has 1 nitrogen and oxygen atoms in total. The normalized spacial score (nSPS) is 38.5. The van der Waals surface area contributed by atoms with Gasteiger partial charge in [-0.15, -0.1) is 0 Å². The Morgan fingerprint density at radius 1 is 1.05 bits per heavy atom. The third-order valence-corrected chi connectivity index (χ3v) is 6.33. The monoisotopic (exact) mass is 269 g/mol. The van der Waals surface area contributed by atoms with Crippen LogP contribution in [0.5, 0.6) is 0 Å². The van der Waals surface area contributed by atoms with E-state index in [2.05, 4.69) is 43.4 Å². The maximum absolute atomic E-state index is 3.88. The molecule has 3 aliphatic rings. The fraction of sp³-hybridized carbons (Fsp3) is 0.684. The lowest BCUT2D eigenvalue weighted by Gasteiger charge is -2.32. The number of hydrogen-bond acceptors (Lipinski definition) is 1. The summed E-state index contributed by atoms with van der Waals surface area (Å²) < 4.78 is 0. The number of nitrogens with one attached hydrogen (secondary N) is 1. The lowest BCUT2D eigenvalue weighted by molar-refractivity contribution is 0.243. The first kappa shape index (κ1) is 12.7. The van der Waals surface area contributed by atoms with Crippen molar-refractivity contribution < 1.29 is 0 Å². The van der Waals surface area contributed by atoms with Gasteiger partial charge in [0.25, 0.3) is 0 Å². The molecule has 2 bridgehead atoms. The topological polar surface area (TPSA) is 12.0 Å². The molecule has 0 aromatic heterocycles. The molecule has 5 unspecified atom stereocenters. The molecule has 20 heavy (non-hydrogen) atoms. The van der Waals surface area contributed by atoms with E-state index in [1.54, 1.807) is 0 Å². The van der Waals surface area contributed by atoms with Gasteiger partial charge in [0.15, 0.2) is 0 Å². The summed E-state index contributed by atoms with van der Waals surface area (Å²) >= 11 is 0. The van der Waals surface area contributed by atoms with E-state index in [0.29, 0.717) is 5.92 Å². The number of fused-ring (bicyclic) bond motifs is 5. The molecule has 0 radical (unpaired) electrons. The van der Waals surface area contributed by atoms with Crippen LogP contribution >= 0.6 is 0 Å². The van der Waals surface area contributed by atoms with Crippen LogP contribution < -0.4 is 5.32 Å². The number of anilines is 1. The quantitative estimate of drug-likeness (QED) is 0.810. The standard InChI is InChI=1S/C19H27N/c1-12(2)13-5-3-6-15(9-13)20-19-11-14-10-18(19)17-8-4-7-16(14)17/h3,5-6,9,12,14,16-20H,4,7-8,10-11H2,1-2H3. The van der Waals surface area contributed by atoms with Crippen molar-refractivity contribution in [3.63, 3.8) is 0 Å². The molecule has 0 amide bonds. The number of rotatable bonds is 3. The lowest BCUT2D eigenvalue weighted by atomic mass is 9.79. The van der Waals surface area contributed by atoms with Gasteiger partial charge in [0.2, 0.25) is 0 Å². The Bertz CT molecular complexity index is 492. The van der Waals surface area contributed by atoms with Gasteiger partial charge < -0.3 is 5.32 Å². The summed E-state index contributed by atoms with van der Waals surface area (Å²) in [7, 11) is 0. The highest BCUT2D eigenvalue weighted by molar-refractivity contribution is 5.47. The molecule has 1 aromatic rings. The van der Waals surface area contributed by atoms with E-state index >= 15 is 0 Å². The molecule has 0 saturated heterocycles. The van der Waals surface area contributed by atoms with Gasteiger partial charge in [0.1, 0.15) is 0 Å². The van der Waals surface area contributed by atoms with E-state index in [0.717, 1.165) is 29.7 Å². The van der Waals surface area contributed by atoms with Crippen LogP contribution in [-0.4, -0.2) is 6.04 Å². The van der Waals surface area contributed by atoms with Crippen LogP contribution in [0.3, 0.4) is 0 Å². The SMILES string of the molecule is CC(C)c1cccc(NC2CC3CC2C2CCCC32)c1. The van der Waals surface area contributed by atoms with Crippen LogP contribution in [0.15, 0.2) is 24.3 Å². The predicted molar refractivity (Wildman–Crippen MR) is 85.0 cm³/mol. The smallest absolute Gasteiger partial charge is 0.0345 e. The molecule has 3 saturated carbocycles. The van der Waals surface area contributed by atoms with Crippen molar-refractivity contribution in [2.45, 2.75) is 57.9 Å². The zero-order chi connectivity index (χ0) is 13.7. The minimum atomic E-state index is 0.621. The Kier molecular flexibility index (Phi) is 3.05. The van der Waals surface area contributed by atoms with Crippen molar-refractivity contribution >= 4 is 5.69 Å². The molecule has 4 rings (SSSR count). The minimum absolute atomic E-state index is 0.621. The molecule has 108 valence electrons. The number of benzene rings is 1. The first-order valence-corrected chi connectivity index (χ1v) is 8.59. The Hall–Kier alpha value is -0.980. The minimum Gasteiger partial charge on any atom is -0.382 e. The van der Waals surface area contributed by atoms with Crippen molar-refractivity contribution in [3.8, 4) is 0 Å². The third-order valence-electron chi connectivity index (χ3n) is 6.33.